The van der Waals surface area contributed by atoms with Gasteiger partial charge in [0.25, 0.3) is 0 Å². The molecule has 1 aromatic carbocycles. The van der Waals surface area contributed by atoms with Crippen LogP contribution in [0.3, 0.4) is 0 Å². The first-order chi connectivity index (χ1) is 6.77. The van der Waals surface area contributed by atoms with Gasteiger partial charge in [-0.15, -0.1) is 0 Å². The summed E-state index contributed by atoms with van der Waals surface area (Å²) >= 11 is 0. The molecule has 0 spiro atoms. The van der Waals surface area contributed by atoms with Gasteiger partial charge in [-0.05, 0) is 18.6 Å². The third-order valence-corrected chi connectivity index (χ3v) is 3.84. The van der Waals surface area contributed by atoms with Gasteiger partial charge >= 0.3 is 0 Å². The van der Waals surface area contributed by atoms with Gasteiger partial charge in [0.15, 0.2) is 0 Å². The van der Waals surface area contributed by atoms with Gasteiger partial charge < -0.3 is 5.73 Å². The smallest absolute Gasteiger partial charge is 0.127 e. The van der Waals surface area contributed by atoms with Gasteiger partial charge in [-0.2, -0.15) is 0 Å². The molecule has 0 bridgehead atoms. The second-order valence-electron chi connectivity index (χ2n) is 3.50. The molecule has 2 atom stereocenters. The number of nitrogens with zero attached hydrogens (tertiary/aromatic N) is 1. The second kappa shape index (κ2) is 4.21. The zero-order valence-electron chi connectivity index (χ0n) is 7.93. The fourth-order valence-electron chi connectivity index (χ4n) is 1.59. The van der Waals surface area contributed by atoms with Gasteiger partial charge in [0.2, 0.25) is 0 Å². The van der Waals surface area contributed by atoms with E-state index in [4.69, 9.17) is 5.73 Å². The topological polar surface area (TPSA) is 46.3 Å². The molecule has 0 amide bonds. The molecule has 0 saturated carbocycles. The summed E-state index contributed by atoms with van der Waals surface area (Å²) < 4.78 is 13.9. The van der Waals surface area contributed by atoms with Gasteiger partial charge in [0, 0.05) is 19.1 Å². The lowest BCUT2D eigenvalue weighted by Gasteiger charge is -2.13. The molecule has 2 rings (SSSR count). The molecule has 1 fully saturated rings. The van der Waals surface area contributed by atoms with Crippen molar-refractivity contribution in [1.29, 1.82) is 0 Å². The van der Waals surface area contributed by atoms with Crippen molar-refractivity contribution < 1.29 is 4.21 Å². The second-order valence-corrected chi connectivity index (χ2v) is 4.99. The maximum absolute atomic E-state index is 12.0. The van der Waals surface area contributed by atoms with E-state index in [2.05, 4.69) is 0 Å². The standard InChI is InChI=1S/C10H14N2OS/c11-9-6-7-12(8-9)14(13)10-4-2-1-3-5-10/h1-5,9H,6-8,11H2/t9-,14?/m1/s1. The average molecular weight is 210 g/mol. The Hall–Kier alpha value is -0.710. The van der Waals surface area contributed by atoms with Crippen molar-refractivity contribution in [2.75, 3.05) is 13.1 Å². The maximum atomic E-state index is 12.0. The van der Waals surface area contributed by atoms with Crippen LogP contribution in [0.25, 0.3) is 0 Å². The van der Waals surface area contributed by atoms with E-state index in [1.807, 2.05) is 34.6 Å². The Morgan fingerprint density at radius 3 is 2.64 bits per heavy atom. The first-order valence-corrected chi connectivity index (χ1v) is 5.85. The van der Waals surface area contributed by atoms with Crippen LogP contribution < -0.4 is 5.73 Å². The van der Waals surface area contributed by atoms with Crippen LogP contribution in [0.1, 0.15) is 6.42 Å². The number of nitrogens with two attached hydrogens (primary N) is 1. The van der Waals surface area contributed by atoms with Crippen LogP contribution in [0.5, 0.6) is 0 Å². The van der Waals surface area contributed by atoms with Crippen LogP contribution in [-0.4, -0.2) is 27.6 Å². The minimum absolute atomic E-state index is 0.183. The lowest BCUT2D eigenvalue weighted by molar-refractivity contribution is 0.527. The number of rotatable bonds is 2. The van der Waals surface area contributed by atoms with Crippen LogP contribution in [0, 0.1) is 0 Å². The summed E-state index contributed by atoms with van der Waals surface area (Å²) in [6, 6.07) is 9.70. The van der Waals surface area contributed by atoms with Crippen molar-refractivity contribution in [3.8, 4) is 0 Å². The van der Waals surface area contributed by atoms with Crippen molar-refractivity contribution in [2.24, 2.45) is 5.73 Å². The van der Waals surface area contributed by atoms with E-state index in [-0.39, 0.29) is 6.04 Å². The van der Waals surface area contributed by atoms with Crippen LogP contribution in [-0.2, 0) is 11.0 Å². The highest BCUT2D eigenvalue weighted by Gasteiger charge is 2.24. The van der Waals surface area contributed by atoms with Gasteiger partial charge in [-0.3, -0.25) is 0 Å². The molecule has 1 aliphatic rings. The predicted octanol–water partition coefficient (Wildman–Crippen LogP) is 0.742. The summed E-state index contributed by atoms with van der Waals surface area (Å²) in [6.45, 7) is 1.57. The molecular weight excluding hydrogens is 196 g/mol. The Balaban J connectivity index is 2.10. The van der Waals surface area contributed by atoms with Crippen molar-refractivity contribution >= 4 is 11.0 Å². The summed E-state index contributed by atoms with van der Waals surface area (Å²) in [5.41, 5.74) is 5.76. The summed E-state index contributed by atoms with van der Waals surface area (Å²) in [4.78, 5) is 0.863. The summed E-state index contributed by atoms with van der Waals surface area (Å²) in [7, 11) is -1.03. The van der Waals surface area contributed by atoms with Gasteiger partial charge in [-0.1, -0.05) is 18.2 Å². The number of hydrogen-bond acceptors (Lipinski definition) is 2. The predicted molar refractivity (Wildman–Crippen MR) is 57.0 cm³/mol. The molecule has 1 aromatic rings. The van der Waals surface area contributed by atoms with Crippen LogP contribution in [0.4, 0.5) is 0 Å². The molecule has 3 nitrogen and oxygen atoms in total. The van der Waals surface area contributed by atoms with Crippen LogP contribution >= 0.6 is 0 Å². The Kier molecular flexibility index (Phi) is 2.96. The van der Waals surface area contributed by atoms with E-state index < -0.39 is 11.0 Å². The van der Waals surface area contributed by atoms with Crippen molar-refractivity contribution in [3.63, 3.8) is 0 Å². The molecule has 1 heterocycles. The normalized spacial score (nSPS) is 25.1. The molecule has 0 aromatic heterocycles. The molecule has 2 N–H and O–H groups in total. The molecule has 76 valence electrons. The zero-order chi connectivity index (χ0) is 9.97. The fourth-order valence-corrected chi connectivity index (χ4v) is 2.88. The Morgan fingerprint density at radius 2 is 2.07 bits per heavy atom. The Morgan fingerprint density at radius 1 is 1.36 bits per heavy atom. The molecule has 1 aliphatic heterocycles. The maximum Gasteiger partial charge on any atom is 0.127 e. The van der Waals surface area contributed by atoms with Gasteiger partial charge in [0.05, 0.1) is 4.90 Å². The summed E-state index contributed by atoms with van der Waals surface area (Å²) in [5, 5.41) is 0. The van der Waals surface area contributed by atoms with Crippen molar-refractivity contribution in [1.82, 2.24) is 4.31 Å². The average Bonchev–Trinajstić information content (AvgIpc) is 2.65. The molecule has 4 heteroatoms. The quantitative estimate of drug-likeness (QED) is 0.782. The number of benzene rings is 1. The highest BCUT2D eigenvalue weighted by Crippen LogP contribution is 2.15. The zero-order valence-corrected chi connectivity index (χ0v) is 8.74. The minimum Gasteiger partial charge on any atom is -0.326 e. The highest BCUT2D eigenvalue weighted by atomic mass is 32.2. The minimum atomic E-state index is -1.03. The van der Waals surface area contributed by atoms with Crippen LogP contribution in [0.2, 0.25) is 0 Å². The largest absolute Gasteiger partial charge is 0.326 e. The van der Waals surface area contributed by atoms with Crippen LogP contribution in [0.15, 0.2) is 35.2 Å². The SMILES string of the molecule is N[C@@H]1CCN(S(=O)c2ccccc2)C1. The summed E-state index contributed by atoms with van der Waals surface area (Å²) in [5.74, 6) is 0. The molecule has 1 saturated heterocycles. The van der Waals surface area contributed by atoms with E-state index in [9.17, 15) is 4.21 Å². The highest BCUT2D eigenvalue weighted by molar-refractivity contribution is 7.82. The molecular formula is C10H14N2OS. The Bertz CT molecular complexity index is 328. The van der Waals surface area contributed by atoms with Gasteiger partial charge in [0.1, 0.15) is 11.0 Å². The summed E-state index contributed by atoms with van der Waals surface area (Å²) in [6.07, 6.45) is 0.943. The monoisotopic (exact) mass is 210 g/mol. The lowest BCUT2D eigenvalue weighted by Crippen LogP contribution is -2.28. The Labute approximate surface area is 86.5 Å². The third kappa shape index (κ3) is 2.03. The van der Waals surface area contributed by atoms with Crippen molar-refractivity contribution in [3.05, 3.63) is 30.3 Å². The third-order valence-electron chi connectivity index (χ3n) is 2.37. The van der Waals surface area contributed by atoms with E-state index in [1.165, 1.54) is 0 Å². The first kappa shape index (κ1) is 9.83. The van der Waals surface area contributed by atoms with E-state index >= 15 is 0 Å². The molecule has 14 heavy (non-hydrogen) atoms. The fraction of sp³-hybridized carbons (Fsp3) is 0.400. The van der Waals surface area contributed by atoms with Gasteiger partial charge in [-0.25, -0.2) is 8.51 Å². The molecule has 0 aliphatic carbocycles. The lowest BCUT2D eigenvalue weighted by atomic mass is 10.3. The molecule has 0 radical (unpaired) electrons. The number of hydrogen-bond donors (Lipinski definition) is 1. The first-order valence-electron chi connectivity index (χ1n) is 4.75. The van der Waals surface area contributed by atoms with Crippen molar-refractivity contribution in [2.45, 2.75) is 17.4 Å². The van der Waals surface area contributed by atoms with E-state index in [0.717, 1.165) is 24.4 Å². The van der Waals surface area contributed by atoms with E-state index in [0.29, 0.717) is 0 Å². The molecule has 1 unspecified atom stereocenters. The van der Waals surface area contributed by atoms with E-state index in [1.54, 1.807) is 0 Å².